The molecule has 0 unspecified atom stereocenters. The fraction of sp³-hybridized carbons (Fsp3) is 0.636. The van der Waals surface area contributed by atoms with Gasteiger partial charge in [0.2, 0.25) is 0 Å². The van der Waals surface area contributed by atoms with Crippen LogP contribution in [0.3, 0.4) is 0 Å². The number of H-pyrrole nitrogens is 1. The number of nitrogen functional groups attached to an aromatic ring is 1. The number of aryl methyl sites for hydroxylation is 1. The van der Waals surface area contributed by atoms with Crippen LogP contribution in [0.15, 0.2) is 0 Å². The zero-order valence-corrected chi connectivity index (χ0v) is 11.1. The van der Waals surface area contributed by atoms with Crippen molar-refractivity contribution in [1.82, 2.24) is 20.4 Å². The SMILES string of the molecule is Cc1[nH]nc(N)c1C(=O)NCCOCCN(C)C. The minimum Gasteiger partial charge on any atom is -0.382 e. The number of carbonyl (C=O) groups is 1. The van der Waals surface area contributed by atoms with Crippen molar-refractivity contribution < 1.29 is 9.53 Å². The zero-order chi connectivity index (χ0) is 13.5. The molecular formula is C11H21N5O2. The van der Waals surface area contributed by atoms with Crippen molar-refractivity contribution >= 4 is 11.7 Å². The molecule has 1 rings (SSSR count). The fourth-order valence-electron chi connectivity index (χ4n) is 1.41. The molecule has 1 aromatic rings. The first-order valence-electron chi connectivity index (χ1n) is 5.83. The summed E-state index contributed by atoms with van der Waals surface area (Å²) in [4.78, 5) is 13.8. The minimum absolute atomic E-state index is 0.221. The van der Waals surface area contributed by atoms with Crippen LogP contribution in [0.2, 0.25) is 0 Å². The smallest absolute Gasteiger partial charge is 0.257 e. The summed E-state index contributed by atoms with van der Waals surface area (Å²) in [7, 11) is 3.96. The van der Waals surface area contributed by atoms with Gasteiger partial charge in [-0.25, -0.2) is 0 Å². The lowest BCUT2D eigenvalue weighted by Crippen LogP contribution is -2.29. The van der Waals surface area contributed by atoms with Crippen molar-refractivity contribution in [2.45, 2.75) is 6.92 Å². The van der Waals surface area contributed by atoms with Gasteiger partial charge < -0.3 is 20.7 Å². The fourth-order valence-corrected chi connectivity index (χ4v) is 1.41. The molecule has 0 aliphatic rings. The maximum absolute atomic E-state index is 11.8. The van der Waals surface area contributed by atoms with Gasteiger partial charge in [-0.1, -0.05) is 0 Å². The number of nitrogens with two attached hydrogens (primary N) is 1. The summed E-state index contributed by atoms with van der Waals surface area (Å²) in [6, 6.07) is 0. The molecule has 0 bridgehead atoms. The van der Waals surface area contributed by atoms with Crippen LogP contribution in [0.1, 0.15) is 16.1 Å². The van der Waals surface area contributed by atoms with Gasteiger partial charge in [0, 0.05) is 18.8 Å². The molecule has 0 aliphatic heterocycles. The van der Waals surface area contributed by atoms with E-state index in [2.05, 4.69) is 15.5 Å². The molecule has 7 nitrogen and oxygen atoms in total. The van der Waals surface area contributed by atoms with Crippen LogP contribution in [0, 0.1) is 6.92 Å². The second kappa shape index (κ2) is 6.97. The maximum atomic E-state index is 11.8. The molecule has 7 heteroatoms. The first-order chi connectivity index (χ1) is 8.52. The van der Waals surface area contributed by atoms with Crippen LogP contribution in [0.4, 0.5) is 5.82 Å². The first kappa shape index (κ1) is 14.5. The highest BCUT2D eigenvalue weighted by molar-refractivity contribution is 5.99. The molecule has 0 spiro atoms. The van der Waals surface area contributed by atoms with E-state index in [9.17, 15) is 4.79 Å². The summed E-state index contributed by atoms with van der Waals surface area (Å²) < 4.78 is 5.36. The Hall–Kier alpha value is -1.60. The molecule has 0 aromatic carbocycles. The Morgan fingerprint density at radius 2 is 2.22 bits per heavy atom. The molecule has 1 amide bonds. The number of anilines is 1. The van der Waals surface area contributed by atoms with Crippen molar-refractivity contribution in [2.75, 3.05) is 46.1 Å². The molecule has 102 valence electrons. The van der Waals surface area contributed by atoms with Crippen molar-refractivity contribution in [1.29, 1.82) is 0 Å². The van der Waals surface area contributed by atoms with Gasteiger partial charge in [0.05, 0.1) is 13.2 Å². The number of nitrogens with zero attached hydrogens (tertiary/aromatic N) is 2. The molecule has 1 heterocycles. The quantitative estimate of drug-likeness (QED) is 0.577. The summed E-state index contributed by atoms with van der Waals surface area (Å²) in [5.74, 6) is -0.00603. The predicted molar refractivity (Wildman–Crippen MR) is 69.4 cm³/mol. The summed E-state index contributed by atoms with van der Waals surface area (Å²) in [5.41, 5.74) is 6.66. The zero-order valence-electron chi connectivity index (χ0n) is 11.1. The molecule has 0 saturated heterocycles. The Bertz CT molecular complexity index is 369. The number of aromatic nitrogens is 2. The maximum Gasteiger partial charge on any atom is 0.257 e. The van der Waals surface area contributed by atoms with Crippen molar-refractivity contribution in [2.24, 2.45) is 0 Å². The lowest BCUT2D eigenvalue weighted by Gasteiger charge is -2.10. The van der Waals surface area contributed by atoms with Gasteiger partial charge in [0.1, 0.15) is 5.56 Å². The third-order valence-corrected chi connectivity index (χ3v) is 2.42. The van der Waals surface area contributed by atoms with Crippen LogP contribution >= 0.6 is 0 Å². The van der Waals surface area contributed by atoms with Crippen molar-refractivity contribution in [3.63, 3.8) is 0 Å². The number of aromatic amines is 1. The molecule has 0 saturated carbocycles. The lowest BCUT2D eigenvalue weighted by molar-refractivity contribution is 0.0900. The Labute approximate surface area is 107 Å². The van der Waals surface area contributed by atoms with Gasteiger partial charge in [-0.2, -0.15) is 5.10 Å². The average molecular weight is 255 g/mol. The predicted octanol–water partition coefficient (Wildman–Crippen LogP) is -0.392. The monoisotopic (exact) mass is 255 g/mol. The van der Waals surface area contributed by atoms with Gasteiger partial charge in [0.15, 0.2) is 5.82 Å². The van der Waals surface area contributed by atoms with Crippen molar-refractivity contribution in [3.8, 4) is 0 Å². The molecule has 0 fully saturated rings. The van der Waals surface area contributed by atoms with E-state index in [1.165, 1.54) is 0 Å². The summed E-state index contributed by atoms with van der Waals surface area (Å²) in [5, 5.41) is 9.18. The normalized spacial score (nSPS) is 10.9. The van der Waals surface area contributed by atoms with Crippen LogP contribution in [-0.2, 0) is 4.74 Å². The number of hydrogen-bond acceptors (Lipinski definition) is 5. The van der Waals surface area contributed by atoms with Crippen molar-refractivity contribution in [3.05, 3.63) is 11.3 Å². The lowest BCUT2D eigenvalue weighted by atomic mass is 10.2. The van der Waals surface area contributed by atoms with Gasteiger partial charge in [0.25, 0.3) is 5.91 Å². The van der Waals surface area contributed by atoms with E-state index >= 15 is 0 Å². The third kappa shape index (κ3) is 4.34. The Morgan fingerprint density at radius 3 is 2.78 bits per heavy atom. The van der Waals surface area contributed by atoms with Crippen LogP contribution in [-0.4, -0.2) is 61.4 Å². The summed E-state index contributed by atoms with van der Waals surface area (Å²) in [6.07, 6.45) is 0. The molecule has 18 heavy (non-hydrogen) atoms. The molecule has 0 aliphatic carbocycles. The number of ether oxygens (including phenoxy) is 1. The summed E-state index contributed by atoms with van der Waals surface area (Å²) >= 11 is 0. The second-order valence-electron chi connectivity index (χ2n) is 4.28. The molecule has 0 radical (unpaired) electrons. The number of hydrogen-bond donors (Lipinski definition) is 3. The van der Waals surface area contributed by atoms with Crippen LogP contribution in [0.5, 0.6) is 0 Å². The van der Waals surface area contributed by atoms with Crippen LogP contribution < -0.4 is 11.1 Å². The molecule has 1 aromatic heterocycles. The van der Waals surface area contributed by atoms with E-state index in [1.807, 2.05) is 19.0 Å². The Kier molecular flexibility index (Phi) is 5.60. The standard InChI is InChI=1S/C11H21N5O2/c1-8-9(10(12)15-14-8)11(17)13-4-6-18-7-5-16(2)3/h4-7H2,1-3H3,(H,13,17)(H3,12,14,15). The number of nitrogens with one attached hydrogen (secondary N) is 2. The largest absolute Gasteiger partial charge is 0.382 e. The highest BCUT2D eigenvalue weighted by atomic mass is 16.5. The number of carbonyl (C=O) groups excluding carboxylic acids is 1. The average Bonchev–Trinajstić information content (AvgIpc) is 2.63. The second-order valence-corrected chi connectivity index (χ2v) is 4.28. The first-order valence-corrected chi connectivity index (χ1v) is 5.83. The topological polar surface area (TPSA) is 96.3 Å². The highest BCUT2D eigenvalue weighted by Crippen LogP contribution is 2.11. The minimum atomic E-state index is -0.227. The van der Waals surface area contributed by atoms with Gasteiger partial charge >= 0.3 is 0 Å². The number of rotatable bonds is 7. The van der Waals surface area contributed by atoms with Gasteiger partial charge in [-0.3, -0.25) is 9.89 Å². The number of likely N-dealkylation sites (N-methyl/N-ethyl adjacent to an activating group) is 1. The Balaban J connectivity index is 2.22. The van der Waals surface area contributed by atoms with Gasteiger partial charge in [-0.15, -0.1) is 0 Å². The molecule has 0 atom stereocenters. The molecular weight excluding hydrogens is 234 g/mol. The van der Waals surface area contributed by atoms with E-state index in [0.29, 0.717) is 31.0 Å². The highest BCUT2D eigenvalue weighted by Gasteiger charge is 2.15. The van der Waals surface area contributed by atoms with Crippen LogP contribution in [0.25, 0.3) is 0 Å². The Morgan fingerprint density at radius 1 is 1.50 bits per heavy atom. The van der Waals surface area contributed by atoms with E-state index in [1.54, 1.807) is 6.92 Å². The summed E-state index contributed by atoms with van der Waals surface area (Å²) in [6.45, 7) is 4.20. The third-order valence-electron chi connectivity index (χ3n) is 2.42. The van der Waals surface area contributed by atoms with E-state index in [-0.39, 0.29) is 11.7 Å². The van der Waals surface area contributed by atoms with E-state index < -0.39 is 0 Å². The van der Waals surface area contributed by atoms with E-state index in [4.69, 9.17) is 10.5 Å². The number of amides is 1. The van der Waals surface area contributed by atoms with E-state index in [0.717, 1.165) is 6.54 Å². The molecule has 4 N–H and O–H groups in total. The van der Waals surface area contributed by atoms with Gasteiger partial charge in [-0.05, 0) is 21.0 Å².